The molecule has 1 fully saturated rings. The average molecular weight is 369 g/mol. The maximum absolute atomic E-state index is 12.4. The second kappa shape index (κ2) is 11.6. The zero-order chi connectivity index (χ0) is 19.6. The largest absolute Gasteiger partial charge is 0.481 e. The number of aliphatic carboxylic acids is 1. The molecule has 26 heavy (non-hydrogen) atoms. The fourth-order valence-corrected chi connectivity index (χ4v) is 3.85. The minimum Gasteiger partial charge on any atom is -0.481 e. The van der Waals surface area contributed by atoms with Crippen LogP contribution >= 0.6 is 0 Å². The third-order valence-corrected chi connectivity index (χ3v) is 5.54. The number of carbonyl (C=O) groups is 2. The van der Waals surface area contributed by atoms with Gasteiger partial charge in [0.05, 0.1) is 11.8 Å². The predicted molar refractivity (Wildman–Crippen MR) is 105 cm³/mol. The number of hydrogen-bond acceptors (Lipinski definition) is 3. The number of unbranched alkanes of at least 4 members (excludes halogenated alkanes) is 5. The molecule has 0 bridgehead atoms. The molecule has 0 spiro atoms. The number of rotatable bonds is 12. The molecule has 1 aliphatic carbocycles. The van der Waals surface area contributed by atoms with Gasteiger partial charge < -0.3 is 9.84 Å². The molecule has 0 amide bonds. The normalized spacial score (nSPS) is 21.0. The van der Waals surface area contributed by atoms with Crippen molar-refractivity contribution < 1.29 is 19.4 Å². The van der Waals surface area contributed by atoms with E-state index in [1.165, 1.54) is 38.5 Å². The highest BCUT2D eigenvalue weighted by Crippen LogP contribution is 2.32. The second-order valence-electron chi connectivity index (χ2n) is 9.13. The Morgan fingerprint density at radius 1 is 1.00 bits per heavy atom. The van der Waals surface area contributed by atoms with Crippen LogP contribution in [0.5, 0.6) is 0 Å². The van der Waals surface area contributed by atoms with Gasteiger partial charge in [0.2, 0.25) is 0 Å². The predicted octanol–water partition coefficient (Wildman–Crippen LogP) is 5.98. The Labute approximate surface area is 160 Å². The van der Waals surface area contributed by atoms with Crippen molar-refractivity contribution in [3.8, 4) is 0 Å². The number of esters is 1. The Morgan fingerprint density at radius 3 is 2.19 bits per heavy atom. The van der Waals surface area contributed by atoms with Gasteiger partial charge in [-0.05, 0) is 51.9 Å². The van der Waals surface area contributed by atoms with Crippen LogP contribution in [0.2, 0.25) is 0 Å². The van der Waals surface area contributed by atoms with Crippen molar-refractivity contribution in [1.82, 2.24) is 0 Å². The first kappa shape index (κ1) is 23.0. The zero-order valence-electron chi connectivity index (χ0n) is 17.4. The Hall–Kier alpha value is -1.06. The number of ether oxygens (including phenoxy) is 1. The fourth-order valence-electron chi connectivity index (χ4n) is 3.85. The molecule has 4 heteroatoms. The summed E-state index contributed by atoms with van der Waals surface area (Å²) in [4.78, 5) is 23.6. The minimum absolute atomic E-state index is 0.199. The lowest BCUT2D eigenvalue weighted by Gasteiger charge is -2.30. The van der Waals surface area contributed by atoms with Gasteiger partial charge >= 0.3 is 11.9 Å². The van der Waals surface area contributed by atoms with E-state index in [2.05, 4.69) is 13.8 Å². The summed E-state index contributed by atoms with van der Waals surface area (Å²) in [5, 5.41) is 9.17. The van der Waals surface area contributed by atoms with Gasteiger partial charge in [-0.2, -0.15) is 0 Å². The molecule has 0 heterocycles. The first-order valence-electron chi connectivity index (χ1n) is 10.7. The number of carboxylic acid groups (broad SMARTS) is 1. The molecule has 0 radical (unpaired) electrons. The van der Waals surface area contributed by atoms with Crippen LogP contribution in [0, 0.1) is 17.8 Å². The van der Waals surface area contributed by atoms with Gasteiger partial charge in [0.15, 0.2) is 0 Å². The molecule has 1 N–H and O–H groups in total. The first-order chi connectivity index (χ1) is 12.2. The van der Waals surface area contributed by atoms with E-state index in [0.29, 0.717) is 12.8 Å². The van der Waals surface area contributed by atoms with Gasteiger partial charge in [0, 0.05) is 0 Å². The van der Waals surface area contributed by atoms with Crippen LogP contribution in [0.1, 0.15) is 105 Å². The van der Waals surface area contributed by atoms with Crippen molar-refractivity contribution in [3.63, 3.8) is 0 Å². The summed E-state index contributed by atoms with van der Waals surface area (Å²) in [6, 6.07) is 0. The Morgan fingerprint density at radius 2 is 1.58 bits per heavy atom. The van der Waals surface area contributed by atoms with E-state index in [9.17, 15) is 9.59 Å². The van der Waals surface area contributed by atoms with Crippen molar-refractivity contribution in [2.75, 3.05) is 0 Å². The Bertz CT molecular complexity index is 428. The van der Waals surface area contributed by atoms with Crippen molar-refractivity contribution in [2.24, 2.45) is 17.8 Å². The molecule has 0 aliphatic heterocycles. The van der Waals surface area contributed by atoms with Gasteiger partial charge in [-0.3, -0.25) is 9.59 Å². The van der Waals surface area contributed by atoms with Crippen LogP contribution in [-0.4, -0.2) is 22.6 Å². The summed E-state index contributed by atoms with van der Waals surface area (Å²) in [5.41, 5.74) is -0.453. The molecular weight excluding hydrogens is 328 g/mol. The summed E-state index contributed by atoms with van der Waals surface area (Å²) in [6.45, 7) is 8.51. The maximum atomic E-state index is 12.4. The standard InChI is InChI=1S/C22H40O4/c1-17(2)12-9-7-5-6-8-10-15-22(3,4)26-21(25)19-14-11-13-18(16-19)20(23)24/h17-19H,5-16H2,1-4H3,(H,23,24). The third kappa shape index (κ3) is 9.59. The molecule has 4 nitrogen and oxygen atoms in total. The van der Waals surface area contributed by atoms with E-state index in [4.69, 9.17) is 9.84 Å². The number of hydrogen-bond donors (Lipinski definition) is 1. The quantitative estimate of drug-likeness (QED) is 0.340. The molecule has 2 unspecified atom stereocenters. The Balaban J connectivity index is 2.20. The molecule has 152 valence electrons. The smallest absolute Gasteiger partial charge is 0.309 e. The lowest BCUT2D eigenvalue weighted by atomic mass is 9.81. The van der Waals surface area contributed by atoms with Crippen LogP contribution in [0.3, 0.4) is 0 Å². The van der Waals surface area contributed by atoms with Crippen LogP contribution in [0.4, 0.5) is 0 Å². The third-order valence-electron chi connectivity index (χ3n) is 5.54. The van der Waals surface area contributed by atoms with E-state index >= 15 is 0 Å². The van der Waals surface area contributed by atoms with E-state index < -0.39 is 11.6 Å². The lowest BCUT2D eigenvalue weighted by Crippen LogP contribution is -2.34. The van der Waals surface area contributed by atoms with E-state index in [1.807, 2.05) is 13.8 Å². The SMILES string of the molecule is CC(C)CCCCCCCCC(C)(C)OC(=O)C1CCCC(C(=O)O)C1. The minimum atomic E-state index is -0.782. The van der Waals surface area contributed by atoms with Gasteiger partial charge in [0.25, 0.3) is 0 Å². The summed E-state index contributed by atoms with van der Waals surface area (Å²) in [5.74, 6) is -0.810. The van der Waals surface area contributed by atoms with Crippen molar-refractivity contribution in [2.45, 2.75) is 110 Å². The van der Waals surface area contributed by atoms with Crippen molar-refractivity contribution in [3.05, 3.63) is 0 Å². The zero-order valence-corrected chi connectivity index (χ0v) is 17.4. The molecule has 1 aliphatic rings. The van der Waals surface area contributed by atoms with Crippen LogP contribution in [0.25, 0.3) is 0 Å². The highest BCUT2D eigenvalue weighted by atomic mass is 16.6. The highest BCUT2D eigenvalue weighted by Gasteiger charge is 2.34. The van der Waals surface area contributed by atoms with Gasteiger partial charge in [-0.25, -0.2) is 0 Å². The van der Waals surface area contributed by atoms with Gasteiger partial charge in [-0.1, -0.05) is 58.8 Å². The van der Waals surface area contributed by atoms with Crippen LogP contribution < -0.4 is 0 Å². The highest BCUT2D eigenvalue weighted by molar-refractivity contribution is 5.75. The van der Waals surface area contributed by atoms with E-state index in [-0.39, 0.29) is 17.8 Å². The van der Waals surface area contributed by atoms with Crippen LogP contribution in [-0.2, 0) is 14.3 Å². The van der Waals surface area contributed by atoms with Gasteiger partial charge in [0.1, 0.15) is 5.60 Å². The number of carbonyl (C=O) groups excluding carboxylic acids is 1. The topological polar surface area (TPSA) is 63.6 Å². The van der Waals surface area contributed by atoms with E-state index in [1.54, 1.807) is 0 Å². The molecule has 1 rings (SSSR count). The molecular formula is C22H40O4. The molecule has 0 aromatic carbocycles. The van der Waals surface area contributed by atoms with Crippen molar-refractivity contribution in [1.29, 1.82) is 0 Å². The number of carboxylic acids is 1. The van der Waals surface area contributed by atoms with Crippen LogP contribution in [0.15, 0.2) is 0 Å². The average Bonchev–Trinajstić information content (AvgIpc) is 2.56. The maximum Gasteiger partial charge on any atom is 0.309 e. The second-order valence-corrected chi connectivity index (χ2v) is 9.13. The summed E-state index contributed by atoms with van der Waals surface area (Å²) in [6.07, 6.45) is 12.3. The Kier molecular flexibility index (Phi) is 10.3. The summed E-state index contributed by atoms with van der Waals surface area (Å²) < 4.78 is 5.74. The monoisotopic (exact) mass is 368 g/mol. The molecule has 0 saturated heterocycles. The van der Waals surface area contributed by atoms with Gasteiger partial charge in [-0.15, -0.1) is 0 Å². The molecule has 1 saturated carbocycles. The molecule has 2 atom stereocenters. The molecule has 0 aromatic heterocycles. The summed E-state index contributed by atoms with van der Waals surface area (Å²) >= 11 is 0. The fraction of sp³-hybridized carbons (Fsp3) is 0.909. The first-order valence-corrected chi connectivity index (χ1v) is 10.7. The van der Waals surface area contributed by atoms with Crippen molar-refractivity contribution >= 4 is 11.9 Å². The van der Waals surface area contributed by atoms with E-state index in [0.717, 1.165) is 31.6 Å². The lowest BCUT2D eigenvalue weighted by molar-refractivity contribution is -0.164. The molecule has 0 aromatic rings. The summed E-state index contributed by atoms with van der Waals surface area (Å²) in [7, 11) is 0.